The summed E-state index contributed by atoms with van der Waals surface area (Å²) in [5, 5.41) is 6.36. The van der Waals surface area contributed by atoms with Gasteiger partial charge in [-0.25, -0.2) is 4.98 Å². The Hall–Kier alpha value is -2.56. The van der Waals surface area contributed by atoms with Crippen LogP contribution >= 0.6 is 0 Å². The fourth-order valence-electron chi connectivity index (χ4n) is 1.94. The molecule has 1 aromatic heterocycles. The van der Waals surface area contributed by atoms with Gasteiger partial charge in [0.2, 0.25) is 0 Å². The number of nitrogens with one attached hydrogen (secondary N) is 2. The predicted octanol–water partition coefficient (Wildman–Crippen LogP) is 3.01. The van der Waals surface area contributed by atoms with E-state index in [1.807, 2.05) is 42.5 Å². The van der Waals surface area contributed by atoms with Crippen molar-refractivity contribution in [1.82, 2.24) is 4.98 Å². The number of guanidine groups is 1. The highest BCUT2D eigenvalue weighted by Crippen LogP contribution is 2.07. The van der Waals surface area contributed by atoms with Crippen LogP contribution in [0.4, 0.5) is 11.5 Å². The van der Waals surface area contributed by atoms with E-state index in [1.54, 1.807) is 6.20 Å². The van der Waals surface area contributed by atoms with E-state index in [2.05, 4.69) is 27.5 Å². The van der Waals surface area contributed by atoms with Gasteiger partial charge in [0.05, 0.1) is 0 Å². The summed E-state index contributed by atoms with van der Waals surface area (Å²) >= 11 is 0. The van der Waals surface area contributed by atoms with Crippen molar-refractivity contribution in [2.45, 2.75) is 19.8 Å². The smallest absolute Gasteiger partial charge is 0.193 e. The molecule has 4 N–H and O–H groups in total. The van der Waals surface area contributed by atoms with E-state index < -0.39 is 0 Å². The highest BCUT2D eigenvalue weighted by molar-refractivity contribution is 5.92. The predicted molar refractivity (Wildman–Crippen MR) is 93.3 cm³/mol. The maximum atomic E-state index is 5.86. The van der Waals surface area contributed by atoms with Crippen LogP contribution in [0.15, 0.2) is 53.7 Å². The van der Waals surface area contributed by atoms with Crippen molar-refractivity contribution in [2.75, 3.05) is 23.7 Å². The number of aliphatic imine (C=N–C) groups is 1. The number of anilines is 2. The summed E-state index contributed by atoms with van der Waals surface area (Å²) in [4.78, 5) is 8.54. The molecule has 1 aromatic carbocycles. The van der Waals surface area contributed by atoms with Gasteiger partial charge in [0.1, 0.15) is 5.82 Å². The number of hydrogen-bond donors (Lipinski definition) is 3. The number of hydrogen-bond acceptors (Lipinski definition) is 3. The van der Waals surface area contributed by atoms with Crippen molar-refractivity contribution in [3.05, 3.63) is 54.2 Å². The molecule has 1 heterocycles. The fraction of sp³-hybridized carbons (Fsp3) is 0.294. The lowest BCUT2D eigenvalue weighted by atomic mass is 10.2. The highest BCUT2D eigenvalue weighted by atomic mass is 15.1. The summed E-state index contributed by atoms with van der Waals surface area (Å²) in [6, 6.07) is 13.9. The van der Waals surface area contributed by atoms with Crippen molar-refractivity contribution in [1.29, 1.82) is 0 Å². The monoisotopic (exact) mass is 297 g/mol. The molecule has 0 unspecified atom stereocenters. The Labute approximate surface area is 131 Å². The summed E-state index contributed by atoms with van der Waals surface area (Å²) in [5.74, 6) is 1.37. The van der Waals surface area contributed by atoms with Crippen LogP contribution in [0.5, 0.6) is 0 Å². The van der Waals surface area contributed by atoms with Gasteiger partial charge in [-0.3, -0.25) is 4.99 Å². The second-order valence-corrected chi connectivity index (χ2v) is 5.11. The molecule has 0 spiro atoms. The van der Waals surface area contributed by atoms with E-state index in [0.717, 1.165) is 30.9 Å². The van der Waals surface area contributed by atoms with Crippen LogP contribution in [0.3, 0.4) is 0 Å². The lowest BCUT2D eigenvalue weighted by Gasteiger charge is -2.06. The molecule has 0 bridgehead atoms. The van der Waals surface area contributed by atoms with Gasteiger partial charge in [0, 0.05) is 25.0 Å². The number of unbranched alkanes of at least 4 members (excludes halogenated alkanes) is 1. The van der Waals surface area contributed by atoms with E-state index in [-0.39, 0.29) is 0 Å². The first kappa shape index (κ1) is 15.8. The van der Waals surface area contributed by atoms with Gasteiger partial charge in [-0.2, -0.15) is 0 Å². The number of aromatic nitrogens is 1. The number of benzene rings is 1. The normalized spacial score (nSPS) is 11.2. The molecule has 2 rings (SSSR count). The zero-order chi connectivity index (χ0) is 15.6. The molecule has 0 aliphatic heterocycles. The maximum Gasteiger partial charge on any atom is 0.193 e. The molecular formula is C17H23N5. The largest absolute Gasteiger partial charge is 0.370 e. The molecule has 0 saturated heterocycles. The van der Waals surface area contributed by atoms with Crippen LogP contribution in [0.1, 0.15) is 18.4 Å². The second kappa shape index (κ2) is 8.67. The Kier molecular flexibility index (Phi) is 6.23. The van der Waals surface area contributed by atoms with Crippen LogP contribution in [-0.2, 0) is 0 Å². The SMILES string of the molecule is Cc1ccc(NC(N)=NCCCCNc2ccccn2)cc1. The number of pyridine rings is 1. The average molecular weight is 297 g/mol. The van der Waals surface area contributed by atoms with E-state index in [9.17, 15) is 0 Å². The topological polar surface area (TPSA) is 75.3 Å². The Morgan fingerprint density at radius 3 is 2.68 bits per heavy atom. The van der Waals surface area contributed by atoms with Crippen molar-refractivity contribution in [3.8, 4) is 0 Å². The first-order chi connectivity index (χ1) is 10.7. The summed E-state index contributed by atoms with van der Waals surface area (Å²) in [5.41, 5.74) is 8.05. The van der Waals surface area contributed by atoms with Crippen molar-refractivity contribution >= 4 is 17.5 Å². The zero-order valence-corrected chi connectivity index (χ0v) is 12.9. The molecule has 0 aliphatic rings. The van der Waals surface area contributed by atoms with E-state index in [4.69, 9.17) is 5.73 Å². The van der Waals surface area contributed by atoms with E-state index >= 15 is 0 Å². The summed E-state index contributed by atoms with van der Waals surface area (Å²) in [6.45, 7) is 3.66. The molecule has 0 amide bonds. The fourth-order valence-corrected chi connectivity index (χ4v) is 1.94. The standard InChI is InChI=1S/C17H23N5/c1-14-7-9-15(10-8-14)22-17(18)21-13-5-4-12-20-16-6-2-3-11-19-16/h2-3,6-11H,4-5,12-13H2,1H3,(H,19,20)(H3,18,21,22). The molecular weight excluding hydrogens is 274 g/mol. The molecule has 5 nitrogen and oxygen atoms in total. The molecule has 5 heteroatoms. The van der Waals surface area contributed by atoms with Gasteiger partial charge in [0.25, 0.3) is 0 Å². The maximum absolute atomic E-state index is 5.86. The third-order valence-electron chi connectivity index (χ3n) is 3.16. The Morgan fingerprint density at radius 2 is 1.95 bits per heavy atom. The molecule has 0 aliphatic carbocycles. The van der Waals surface area contributed by atoms with Crippen molar-refractivity contribution < 1.29 is 0 Å². The minimum absolute atomic E-state index is 0.460. The average Bonchev–Trinajstić information content (AvgIpc) is 2.54. The number of rotatable bonds is 7. The van der Waals surface area contributed by atoms with Gasteiger partial charge < -0.3 is 16.4 Å². The van der Waals surface area contributed by atoms with Crippen LogP contribution in [-0.4, -0.2) is 24.0 Å². The van der Waals surface area contributed by atoms with Crippen LogP contribution in [0.2, 0.25) is 0 Å². The number of nitrogens with two attached hydrogens (primary N) is 1. The molecule has 0 fully saturated rings. The first-order valence-corrected chi connectivity index (χ1v) is 7.52. The van der Waals surface area contributed by atoms with Crippen LogP contribution in [0.25, 0.3) is 0 Å². The summed E-state index contributed by atoms with van der Waals surface area (Å²) in [7, 11) is 0. The van der Waals surface area contributed by atoms with E-state index in [0.29, 0.717) is 12.5 Å². The van der Waals surface area contributed by atoms with Gasteiger partial charge >= 0.3 is 0 Å². The third kappa shape index (κ3) is 5.83. The minimum atomic E-state index is 0.460. The minimum Gasteiger partial charge on any atom is -0.370 e. The van der Waals surface area contributed by atoms with Gasteiger partial charge in [0.15, 0.2) is 5.96 Å². The summed E-state index contributed by atoms with van der Waals surface area (Å²) < 4.78 is 0. The van der Waals surface area contributed by atoms with Gasteiger partial charge in [-0.1, -0.05) is 23.8 Å². The van der Waals surface area contributed by atoms with Crippen LogP contribution < -0.4 is 16.4 Å². The quantitative estimate of drug-likeness (QED) is 0.417. The Morgan fingerprint density at radius 1 is 1.14 bits per heavy atom. The zero-order valence-electron chi connectivity index (χ0n) is 12.9. The second-order valence-electron chi connectivity index (χ2n) is 5.11. The molecule has 0 saturated carbocycles. The third-order valence-corrected chi connectivity index (χ3v) is 3.16. The number of aryl methyl sites for hydroxylation is 1. The van der Waals surface area contributed by atoms with Crippen LogP contribution in [0, 0.1) is 6.92 Å². The first-order valence-electron chi connectivity index (χ1n) is 7.52. The molecule has 0 radical (unpaired) electrons. The molecule has 0 atom stereocenters. The van der Waals surface area contributed by atoms with Crippen molar-refractivity contribution in [3.63, 3.8) is 0 Å². The van der Waals surface area contributed by atoms with E-state index in [1.165, 1.54) is 5.56 Å². The lowest BCUT2D eigenvalue weighted by molar-refractivity contribution is 0.772. The van der Waals surface area contributed by atoms with Gasteiger partial charge in [-0.05, 0) is 44.0 Å². The highest BCUT2D eigenvalue weighted by Gasteiger charge is 1.95. The molecule has 116 valence electrons. The molecule has 2 aromatic rings. The summed E-state index contributed by atoms with van der Waals surface area (Å²) in [6.07, 6.45) is 3.79. The van der Waals surface area contributed by atoms with Crippen molar-refractivity contribution in [2.24, 2.45) is 10.7 Å². The van der Waals surface area contributed by atoms with Gasteiger partial charge in [-0.15, -0.1) is 0 Å². The molecule has 22 heavy (non-hydrogen) atoms. The Balaban J connectivity index is 1.61. The Bertz CT molecular complexity index is 578. The number of nitrogens with zero attached hydrogens (tertiary/aromatic N) is 2. The lowest BCUT2D eigenvalue weighted by Crippen LogP contribution is -2.22.